The lowest BCUT2D eigenvalue weighted by atomic mass is 9.98. The number of piperazine rings is 1. The summed E-state index contributed by atoms with van der Waals surface area (Å²) in [5, 5.41) is 3.52. The standard InChI is InChI=1S/C17H26N2O2/c1-12-8-6-7-9-14(12)15-11-19(13(2)10-18-15)16(20)21-17(3,4)5/h6-9,13,15,18H,10-11H2,1-5H3/t13-,15+/m1/s1. The molecule has 1 amide bonds. The summed E-state index contributed by atoms with van der Waals surface area (Å²) in [4.78, 5) is 14.2. The number of rotatable bonds is 1. The van der Waals surface area contributed by atoms with Crippen LogP contribution in [-0.4, -0.2) is 35.7 Å². The van der Waals surface area contributed by atoms with Gasteiger partial charge < -0.3 is 15.0 Å². The molecule has 1 N–H and O–H groups in total. The van der Waals surface area contributed by atoms with Gasteiger partial charge in [-0.15, -0.1) is 0 Å². The highest BCUT2D eigenvalue weighted by Crippen LogP contribution is 2.24. The van der Waals surface area contributed by atoms with E-state index in [-0.39, 0.29) is 18.2 Å². The summed E-state index contributed by atoms with van der Waals surface area (Å²) in [5.41, 5.74) is 2.03. The molecule has 4 nitrogen and oxygen atoms in total. The summed E-state index contributed by atoms with van der Waals surface area (Å²) < 4.78 is 5.52. The molecule has 0 spiro atoms. The molecule has 0 bridgehead atoms. The molecule has 0 aromatic heterocycles. The Morgan fingerprint density at radius 2 is 2.00 bits per heavy atom. The number of hydrogen-bond acceptors (Lipinski definition) is 3. The highest BCUT2D eigenvalue weighted by molar-refractivity contribution is 5.69. The average Bonchev–Trinajstić information content (AvgIpc) is 2.38. The van der Waals surface area contributed by atoms with E-state index in [1.165, 1.54) is 11.1 Å². The summed E-state index contributed by atoms with van der Waals surface area (Å²) in [6.45, 7) is 11.3. The highest BCUT2D eigenvalue weighted by Gasteiger charge is 2.32. The van der Waals surface area contributed by atoms with Crippen LogP contribution in [0.15, 0.2) is 24.3 Å². The number of amides is 1. The van der Waals surface area contributed by atoms with Gasteiger partial charge in [-0.3, -0.25) is 0 Å². The normalized spacial score (nSPS) is 23.0. The van der Waals surface area contributed by atoms with E-state index in [2.05, 4.69) is 24.4 Å². The van der Waals surface area contributed by atoms with Crippen molar-refractivity contribution in [3.05, 3.63) is 35.4 Å². The Bertz CT molecular complexity index is 508. The van der Waals surface area contributed by atoms with Crippen molar-refractivity contribution in [3.63, 3.8) is 0 Å². The Labute approximate surface area is 127 Å². The lowest BCUT2D eigenvalue weighted by Gasteiger charge is -2.39. The number of benzene rings is 1. The second kappa shape index (κ2) is 6.06. The van der Waals surface area contributed by atoms with Crippen molar-refractivity contribution in [1.82, 2.24) is 10.2 Å². The zero-order chi connectivity index (χ0) is 15.6. The largest absolute Gasteiger partial charge is 0.444 e. The number of nitrogens with zero attached hydrogens (tertiary/aromatic N) is 1. The fourth-order valence-electron chi connectivity index (χ4n) is 2.63. The number of carbonyl (C=O) groups excluding carboxylic acids is 1. The van der Waals surface area contributed by atoms with Gasteiger partial charge in [-0.2, -0.15) is 0 Å². The van der Waals surface area contributed by atoms with Crippen LogP contribution in [0.3, 0.4) is 0 Å². The van der Waals surface area contributed by atoms with Crippen LogP contribution < -0.4 is 5.32 Å². The maximum atomic E-state index is 12.4. The molecule has 1 saturated heterocycles. The van der Waals surface area contributed by atoms with Gasteiger partial charge in [0, 0.05) is 19.1 Å². The van der Waals surface area contributed by atoms with E-state index >= 15 is 0 Å². The van der Waals surface area contributed by atoms with Crippen LogP contribution >= 0.6 is 0 Å². The predicted molar refractivity (Wildman–Crippen MR) is 84.3 cm³/mol. The first kappa shape index (κ1) is 15.8. The Morgan fingerprint density at radius 3 is 2.62 bits per heavy atom. The van der Waals surface area contributed by atoms with E-state index in [1.807, 2.05) is 44.7 Å². The van der Waals surface area contributed by atoms with E-state index in [0.29, 0.717) is 6.54 Å². The van der Waals surface area contributed by atoms with Gasteiger partial charge in [0.15, 0.2) is 0 Å². The molecule has 21 heavy (non-hydrogen) atoms. The van der Waals surface area contributed by atoms with Crippen LogP contribution in [-0.2, 0) is 4.74 Å². The zero-order valence-electron chi connectivity index (χ0n) is 13.6. The van der Waals surface area contributed by atoms with E-state index in [0.717, 1.165) is 6.54 Å². The van der Waals surface area contributed by atoms with Crippen molar-refractivity contribution < 1.29 is 9.53 Å². The van der Waals surface area contributed by atoms with Crippen LogP contribution in [0.1, 0.15) is 44.9 Å². The minimum absolute atomic E-state index is 0.139. The van der Waals surface area contributed by atoms with Crippen molar-refractivity contribution in [2.24, 2.45) is 0 Å². The first-order valence-electron chi connectivity index (χ1n) is 7.56. The van der Waals surface area contributed by atoms with Crippen molar-refractivity contribution in [2.45, 2.75) is 52.3 Å². The molecule has 2 atom stereocenters. The van der Waals surface area contributed by atoms with Gasteiger partial charge in [-0.05, 0) is 45.7 Å². The molecule has 0 saturated carbocycles. The summed E-state index contributed by atoms with van der Waals surface area (Å²) >= 11 is 0. The lowest BCUT2D eigenvalue weighted by molar-refractivity contribution is 0.00955. The molecule has 4 heteroatoms. The second-order valence-electron chi connectivity index (χ2n) is 6.80. The van der Waals surface area contributed by atoms with Gasteiger partial charge in [-0.25, -0.2) is 4.79 Å². The van der Waals surface area contributed by atoms with Crippen molar-refractivity contribution in [3.8, 4) is 0 Å². The molecule has 0 radical (unpaired) electrons. The summed E-state index contributed by atoms with van der Waals surface area (Å²) in [6, 6.07) is 8.61. The van der Waals surface area contributed by atoms with Crippen molar-refractivity contribution in [1.29, 1.82) is 0 Å². The molecular weight excluding hydrogens is 264 g/mol. The van der Waals surface area contributed by atoms with Gasteiger partial charge in [0.2, 0.25) is 0 Å². The molecule has 2 rings (SSSR count). The third kappa shape index (κ3) is 3.97. The van der Waals surface area contributed by atoms with E-state index in [1.54, 1.807) is 0 Å². The molecule has 0 unspecified atom stereocenters. The number of ether oxygens (including phenoxy) is 1. The van der Waals surface area contributed by atoms with Crippen LogP contribution in [0.4, 0.5) is 4.79 Å². The summed E-state index contributed by atoms with van der Waals surface area (Å²) in [6.07, 6.45) is -0.227. The monoisotopic (exact) mass is 290 g/mol. The average molecular weight is 290 g/mol. The quantitative estimate of drug-likeness (QED) is 0.863. The Hall–Kier alpha value is -1.55. The fraction of sp³-hybridized carbons (Fsp3) is 0.588. The minimum Gasteiger partial charge on any atom is -0.444 e. The first-order valence-corrected chi connectivity index (χ1v) is 7.56. The van der Waals surface area contributed by atoms with Crippen LogP contribution in [0.5, 0.6) is 0 Å². The fourth-order valence-corrected chi connectivity index (χ4v) is 2.63. The molecule has 116 valence electrons. The topological polar surface area (TPSA) is 41.6 Å². The molecule has 1 aliphatic rings. The smallest absolute Gasteiger partial charge is 0.410 e. The molecule has 1 aromatic rings. The maximum absolute atomic E-state index is 12.4. The molecule has 1 heterocycles. The second-order valence-corrected chi connectivity index (χ2v) is 6.80. The van der Waals surface area contributed by atoms with Gasteiger partial charge >= 0.3 is 6.09 Å². The highest BCUT2D eigenvalue weighted by atomic mass is 16.6. The van der Waals surface area contributed by atoms with Crippen LogP contribution in [0, 0.1) is 6.92 Å². The molecule has 1 aliphatic heterocycles. The van der Waals surface area contributed by atoms with Crippen LogP contribution in [0.25, 0.3) is 0 Å². The number of aryl methyl sites for hydroxylation is 1. The molecule has 0 aliphatic carbocycles. The zero-order valence-corrected chi connectivity index (χ0v) is 13.6. The van der Waals surface area contributed by atoms with Gasteiger partial charge in [0.05, 0.1) is 6.04 Å². The number of hydrogen-bond donors (Lipinski definition) is 1. The minimum atomic E-state index is -0.458. The van der Waals surface area contributed by atoms with E-state index in [9.17, 15) is 4.79 Å². The number of carbonyl (C=O) groups is 1. The maximum Gasteiger partial charge on any atom is 0.410 e. The summed E-state index contributed by atoms with van der Waals surface area (Å²) in [5.74, 6) is 0. The Balaban J connectivity index is 2.13. The molecular formula is C17H26N2O2. The Kier molecular flexibility index (Phi) is 4.57. The SMILES string of the molecule is Cc1ccccc1[C@@H]1CN(C(=O)OC(C)(C)C)[C@H](C)CN1. The van der Waals surface area contributed by atoms with Gasteiger partial charge in [0.25, 0.3) is 0 Å². The van der Waals surface area contributed by atoms with Gasteiger partial charge in [-0.1, -0.05) is 24.3 Å². The van der Waals surface area contributed by atoms with E-state index in [4.69, 9.17) is 4.74 Å². The van der Waals surface area contributed by atoms with Crippen molar-refractivity contribution in [2.75, 3.05) is 13.1 Å². The summed E-state index contributed by atoms with van der Waals surface area (Å²) in [7, 11) is 0. The third-order valence-corrected chi connectivity index (χ3v) is 3.76. The molecule has 1 aromatic carbocycles. The third-order valence-electron chi connectivity index (χ3n) is 3.76. The lowest BCUT2D eigenvalue weighted by Crippen LogP contribution is -2.54. The predicted octanol–water partition coefficient (Wildman–Crippen LogP) is 3.26. The van der Waals surface area contributed by atoms with Gasteiger partial charge in [0.1, 0.15) is 5.60 Å². The van der Waals surface area contributed by atoms with Crippen LogP contribution in [0.2, 0.25) is 0 Å². The molecule has 1 fully saturated rings. The number of nitrogens with one attached hydrogen (secondary N) is 1. The van der Waals surface area contributed by atoms with Crippen molar-refractivity contribution >= 4 is 6.09 Å². The van der Waals surface area contributed by atoms with E-state index < -0.39 is 5.60 Å². The first-order chi connectivity index (χ1) is 9.78. The Morgan fingerprint density at radius 1 is 1.33 bits per heavy atom.